The van der Waals surface area contributed by atoms with E-state index in [4.69, 9.17) is 11.6 Å². The smallest absolute Gasteiger partial charge is 0.335 e. The van der Waals surface area contributed by atoms with E-state index in [1.54, 1.807) is 18.2 Å². The number of nitrogens with zero attached hydrogens (tertiary/aromatic N) is 1. The molecular weight excluding hydrogens is 356 g/mol. The topological polar surface area (TPSA) is 62.2 Å². The van der Waals surface area contributed by atoms with Gasteiger partial charge in [-0.05, 0) is 52.2 Å². The second-order valence-electron chi connectivity index (χ2n) is 4.88. The molecule has 0 unspecified atom stereocenters. The predicted octanol–water partition coefficient (Wildman–Crippen LogP) is 5.06. The maximum atomic E-state index is 11.2. The molecule has 0 saturated carbocycles. The molecule has 0 aliphatic heterocycles. The van der Waals surface area contributed by atoms with Gasteiger partial charge in [-0.2, -0.15) is 0 Å². The average molecular weight is 370 g/mol. The second kappa shape index (κ2) is 6.45. The molecule has 2 N–H and O–H groups in total. The van der Waals surface area contributed by atoms with Crippen LogP contribution in [0.2, 0.25) is 5.02 Å². The number of hydrogen-bond acceptors (Lipinski definition) is 3. The monoisotopic (exact) mass is 368 g/mol. The van der Waals surface area contributed by atoms with Crippen molar-refractivity contribution in [3.05, 3.63) is 51.1 Å². The van der Waals surface area contributed by atoms with Crippen molar-refractivity contribution in [3.63, 3.8) is 0 Å². The Morgan fingerprint density at radius 2 is 2.05 bits per heavy atom. The van der Waals surface area contributed by atoms with Crippen LogP contribution < -0.4 is 5.32 Å². The lowest BCUT2D eigenvalue weighted by atomic mass is 10.1. The van der Waals surface area contributed by atoms with Crippen molar-refractivity contribution in [3.8, 4) is 0 Å². The first-order valence-corrected chi connectivity index (χ1v) is 7.51. The van der Waals surface area contributed by atoms with Crippen molar-refractivity contribution in [2.45, 2.75) is 19.8 Å². The Bertz CT molecular complexity index is 689. The highest BCUT2D eigenvalue weighted by molar-refractivity contribution is 9.10. The molecule has 4 nitrogen and oxygen atoms in total. The lowest BCUT2D eigenvalue weighted by Gasteiger charge is -2.11. The number of hydrogen-bond donors (Lipinski definition) is 2. The van der Waals surface area contributed by atoms with E-state index in [0.717, 1.165) is 15.9 Å². The number of carboxylic acid groups (broad SMARTS) is 1. The number of nitrogens with one attached hydrogen (secondary N) is 1. The first kappa shape index (κ1) is 15.8. The normalized spacial score (nSPS) is 10.7. The van der Waals surface area contributed by atoms with Crippen molar-refractivity contribution in [2.75, 3.05) is 5.32 Å². The van der Waals surface area contributed by atoms with Crippen LogP contribution in [-0.2, 0) is 0 Å². The van der Waals surface area contributed by atoms with Gasteiger partial charge in [-0.25, -0.2) is 9.78 Å². The van der Waals surface area contributed by atoms with E-state index in [0.29, 0.717) is 10.8 Å². The standard InChI is InChI=1S/C15H14BrClN2O2/c1-8(2)13-5-9(15(20)21)6-14(19-13)18-10-3-4-12(17)11(16)7-10/h3-8H,1-2H3,(H,18,19)(H,20,21). The predicted molar refractivity (Wildman–Crippen MR) is 87.7 cm³/mol. The molecule has 0 atom stereocenters. The van der Waals surface area contributed by atoms with Crippen molar-refractivity contribution in [2.24, 2.45) is 0 Å². The van der Waals surface area contributed by atoms with Gasteiger partial charge < -0.3 is 10.4 Å². The Hall–Kier alpha value is -1.59. The summed E-state index contributed by atoms with van der Waals surface area (Å²) in [7, 11) is 0. The number of aromatic nitrogens is 1. The summed E-state index contributed by atoms with van der Waals surface area (Å²) in [5.41, 5.74) is 1.71. The van der Waals surface area contributed by atoms with Crippen LogP contribution in [0, 0.1) is 0 Å². The quantitative estimate of drug-likeness (QED) is 0.790. The Morgan fingerprint density at radius 1 is 1.33 bits per heavy atom. The molecular formula is C15H14BrClN2O2. The zero-order valence-corrected chi connectivity index (χ0v) is 13.9. The Balaban J connectivity index is 2.38. The molecule has 21 heavy (non-hydrogen) atoms. The molecule has 0 radical (unpaired) electrons. The van der Waals surface area contributed by atoms with E-state index in [9.17, 15) is 9.90 Å². The minimum atomic E-state index is -0.973. The van der Waals surface area contributed by atoms with Crippen LogP contribution in [0.1, 0.15) is 35.8 Å². The highest BCUT2D eigenvalue weighted by Gasteiger charge is 2.11. The summed E-state index contributed by atoms with van der Waals surface area (Å²) in [5, 5.41) is 12.9. The molecule has 0 saturated heterocycles. The highest BCUT2D eigenvalue weighted by Crippen LogP contribution is 2.27. The summed E-state index contributed by atoms with van der Waals surface area (Å²) in [4.78, 5) is 15.6. The summed E-state index contributed by atoms with van der Waals surface area (Å²) in [6.07, 6.45) is 0. The third-order valence-electron chi connectivity index (χ3n) is 2.88. The van der Waals surface area contributed by atoms with Crippen LogP contribution in [0.15, 0.2) is 34.8 Å². The highest BCUT2D eigenvalue weighted by atomic mass is 79.9. The van der Waals surface area contributed by atoms with Gasteiger partial charge >= 0.3 is 5.97 Å². The zero-order chi connectivity index (χ0) is 15.6. The van der Waals surface area contributed by atoms with Gasteiger partial charge in [-0.1, -0.05) is 25.4 Å². The molecule has 0 aliphatic carbocycles. The number of carbonyl (C=O) groups is 1. The number of aromatic carboxylic acids is 1. The van der Waals surface area contributed by atoms with Crippen LogP contribution in [0.3, 0.4) is 0 Å². The Labute approximate surface area is 136 Å². The van der Waals surface area contributed by atoms with E-state index in [2.05, 4.69) is 26.2 Å². The number of carboxylic acids is 1. The third-order valence-corrected chi connectivity index (χ3v) is 4.09. The molecule has 110 valence electrons. The van der Waals surface area contributed by atoms with Gasteiger partial charge in [0.15, 0.2) is 0 Å². The number of halogens is 2. The van der Waals surface area contributed by atoms with E-state index < -0.39 is 5.97 Å². The van der Waals surface area contributed by atoms with Crippen LogP contribution in [-0.4, -0.2) is 16.1 Å². The van der Waals surface area contributed by atoms with Crippen LogP contribution in [0.5, 0.6) is 0 Å². The van der Waals surface area contributed by atoms with Gasteiger partial charge in [0.25, 0.3) is 0 Å². The Kier molecular flexibility index (Phi) is 4.85. The largest absolute Gasteiger partial charge is 0.478 e. The maximum Gasteiger partial charge on any atom is 0.335 e. The van der Waals surface area contributed by atoms with Crippen molar-refractivity contribution >= 4 is 45.0 Å². The molecule has 0 amide bonds. The zero-order valence-electron chi connectivity index (χ0n) is 11.5. The van der Waals surface area contributed by atoms with Crippen molar-refractivity contribution in [1.29, 1.82) is 0 Å². The molecule has 0 bridgehead atoms. The Morgan fingerprint density at radius 3 is 2.62 bits per heavy atom. The first-order chi connectivity index (χ1) is 9.86. The maximum absolute atomic E-state index is 11.2. The fraction of sp³-hybridized carbons (Fsp3) is 0.200. The van der Waals surface area contributed by atoms with Crippen LogP contribution >= 0.6 is 27.5 Å². The molecule has 1 aromatic carbocycles. The molecule has 0 fully saturated rings. The van der Waals surface area contributed by atoms with Gasteiger partial charge in [-0.15, -0.1) is 0 Å². The van der Waals surface area contributed by atoms with Crippen LogP contribution in [0.4, 0.5) is 11.5 Å². The van der Waals surface area contributed by atoms with Gasteiger partial charge in [0.1, 0.15) is 5.82 Å². The van der Waals surface area contributed by atoms with E-state index in [1.807, 2.05) is 19.9 Å². The molecule has 1 heterocycles. The minimum Gasteiger partial charge on any atom is -0.478 e. The third kappa shape index (κ3) is 3.95. The van der Waals surface area contributed by atoms with Crippen LogP contribution in [0.25, 0.3) is 0 Å². The molecule has 2 rings (SSSR count). The lowest BCUT2D eigenvalue weighted by Crippen LogP contribution is -2.04. The second-order valence-corrected chi connectivity index (χ2v) is 6.14. The molecule has 1 aromatic heterocycles. The van der Waals surface area contributed by atoms with E-state index in [1.165, 1.54) is 6.07 Å². The van der Waals surface area contributed by atoms with Crippen molar-refractivity contribution < 1.29 is 9.90 Å². The molecule has 6 heteroatoms. The summed E-state index contributed by atoms with van der Waals surface area (Å²) in [5.74, 6) is -0.339. The summed E-state index contributed by atoms with van der Waals surface area (Å²) in [6.45, 7) is 3.94. The summed E-state index contributed by atoms with van der Waals surface area (Å²) < 4.78 is 0.757. The summed E-state index contributed by atoms with van der Waals surface area (Å²) in [6, 6.07) is 8.47. The number of anilines is 2. The van der Waals surface area contributed by atoms with Gasteiger partial charge in [0.2, 0.25) is 0 Å². The van der Waals surface area contributed by atoms with Gasteiger partial charge in [-0.3, -0.25) is 0 Å². The number of benzene rings is 1. The number of pyridine rings is 1. The van der Waals surface area contributed by atoms with Gasteiger partial charge in [0.05, 0.1) is 10.6 Å². The van der Waals surface area contributed by atoms with E-state index in [-0.39, 0.29) is 11.5 Å². The van der Waals surface area contributed by atoms with Crippen molar-refractivity contribution in [1.82, 2.24) is 4.98 Å². The van der Waals surface area contributed by atoms with Gasteiger partial charge in [0, 0.05) is 15.9 Å². The van der Waals surface area contributed by atoms with E-state index >= 15 is 0 Å². The number of rotatable bonds is 4. The molecule has 2 aromatic rings. The fourth-order valence-corrected chi connectivity index (χ4v) is 2.25. The lowest BCUT2D eigenvalue weighted by molar-refractivity contribution is 0.0696. The summed E-state index contributed by atoms with van der Waals surface area (Å²) >= 11 is 9.30. The fourth-order valence-electron chi connectivity index (χ4n) is 1.76. The minimum absolute atomic E-state index is 0.141. The molecule has 0 aliphatic rings. The first-order valence-electron chi connectivity index (χ1n) is 6.34. The average Bonchev–Trinajstić information content (AvgIpc) is 2.42. The molecule has 0 spiro atoms. The SMILES string of the molecule is CC(C)c1cc(C(=O)O)cc(Nc2ccc(Cl)c(Br)c2)n1.